The van der Waals surface area contributed by atoms with Gasteiger partial charge in [0.1, 0.15) is 5.76 Å². The number of benzene rings is 2. The lowest BCUT2D eigenvalue weighted by Crippen LogP contribution is -2.36. The lowest BCUT2D eigenvalue weighted by atomic mass is 9.95. The largest absolute Gasteiger partial charge is 0.507 e. The molecule has 2 unspecified atom stereocenters. The molecule has 2 saturated heterocycles. The number of hydrogen-bond donors (Lipinski definition) is 1. The van der Waals surface area contributed by atoms with Gasteiger partial charge in [-0.25, -0.2) is 0 Å². The van der Waals surface area contributed by atoms with Crippen molar-refractivity contribution in [1.29, 1.82) is 0 Å². The van der Waals surface area contributed by atoms with E-state index >= 15 is 0 Å². The maximum atomic E-state index is 12.9. The number of rotatable bonds is 4. The Morgan fingerprint density at radius 2 is 1.83 bits per heavy atom. The van der Waals surface area contributed by atoms with Crippen LogP contribution in [0.5, 0.6) is 0 Å². The number of carbonyl (C=O) groups excluding carboxylic acids is 2. The Bertz CT molecular complexity index is 981. The number of nitrogens with zero attached hydrogens (tertiary/aromatic N) is 1. The van der Waals surface area contributed by atoms with E-state index in [0.717, 1.165) is 12.8 Å². The molecule has 1 amide bonds. The maximum absolute atomic E-state index is 12.9. The van der Waals surface area contributed by atoms with Crippen LogP contribution in [0.1, 0.15) is 30.0 Å². The van der Waals surface area contributed by atoms with Crippen LogP contribution in [0, 0.1) is 0 Å². The third-order valence-corrected chi connectivity index (χ3v) is 5.88. The number of ketones is 1. The van der Waals surface area contributed by atoms with Gasteiger partial charge in [-0.15, -0.1) is 0 Å². The van der Waals surface area contributed by atoms with Gasteiger partial charge in [-0.2, -0.15) is 0 Å². The SMILES string of the molecule is O=C1C(=O)N(CC2CCCO2)C(c2ccccc2Cl)/C1=C(\O)c1ccc(Cl)cc1. The van der Waals surface area contributed by atoms with E-state index in [1.807, 2.05) is 0 Å². The highest BCUT2D eigenvalue weighted by atomic mass is 35.5. The summed E-state index contributed by atoms with van der Waals surface area (Å²) in [6.07, 6.45) is 1.58. The Labute approximate surface area is 178 Å². The van der Waals surface area contributed by atoms with Crippen LogP contribution in [0.15, 0.2) is 54.1 Å². The van der Waals surface area contributed by atoms with Gasteiger partial charge >= 0.3 is 0 Å². The van der Waals surface area contributed by atoms with Gasteiger partial charge in [0.05, 0.1) is 17.7 Å². The minimum atomic E-state index is -0.788. The molecule has 0 bridgehead atoms. The van der Waals surface area contributed by atoms with E-state index in [-0.39, 0.29) is 24.0 Å². The molecular formula is C22H19Cl2NO4. The Morgan fingerprint density at radius 1 is 1.10 bits per heavy atom. The van der Waals surface area contributed by atoms with E-state index < -0.39 is 17.7 Å². The Balaban J connectivity index is 1.84. The molecule has 0 saturated carbocycles. The van der Waals surface area contributed by atoms with Gasteiger partial charge in [-0.05, 0) is 48.7 Å². The Kier molecular flexibility index (Phi) is 5.63. The average molecular weight is 432 g/mol. The van der Waals surface area contributed by atoms with Crippen molar-refractivity contribution < 1.29 is 19.4 Å². The fourth-order valence-electron chi connectivity index (χ4n) is 3.86. The molecule has 2 aliphatic heterocycles. The van der Waals surface area contributed by atoms with Crippen molar-refractivity contribution in [2.75, 3.05) is 13.2 Å². The first-order chi connectivity index (χ1) is 14.0. The van der Waals surface area contributed by atoms with Crippen molar-refractivity contribution in [2.45, 2.75) is 25.0 Å². The van der Waals surface area contributed by atoms with Gasteiger partial charge in [0.25, 0.3) is 11.7 Å². The molecule has 2 aromatic carbocycles. The highest BCUT2D eigenvalue weighted by Gasteiger charge is 2.47. The number of ether oxygens (including phenoxy) is 1. The highest BCUT2D eigenvalue weighted by Crippen LogP contribution is 2.42. The number of amides is 1. The first-order valence-electron chi connectivity index (χ1n) is 9.37. The summed E-state index contributed by atoms with van der Waals surface area (Å²) in [5.41, 5.74) is 1.01. The lowest BCUT2D eigenvalue weighted by molar-refractivity contribution is -0.140. The van der Waals surface area contributed by atoms with E-state index in [1.54, 1.807) is 48.5 Å². The molecule has 0 spiro atoms. The predicted molar refractivity (Wildman–Crippen MR) is 111 cm³/mol. The molecule has 2 aliphatic rings. The van der Waals surface area contributed by atoms with Crippen LogP contribution in [-0.2, 0) is 14.3 Å². The van der Waals surface area contributed by atoms with E-state index in [1.165, 1.54) is 4.90 Å². The second kappa shape index (κ2) is 8.19. The fraction of sp³-hybridized carbons (Fsp3) is 0.273. The smallest absolute Gasteiger partial charge is 0.295 e. The van der Waals surface area contributed by atoms with Gasteiger partial charge in [0.15, 0.2) is 0 Å². The van der Waals surface area contributed by atoms with Crippen molar-refractivity contribution in [2.24, 2.45) is 0 Å². The number of hydrogen-bond acceptors (Lipinski definition) is 4. The van der Waals surface area contributed by atoms with Crippen molar-refractivity contribution in [3.05, 3.63) is 75.3 Å². The van der Waals surface area contributed by atoms with Gasteiger partial charge in [0.2, 0.25) is 0 Å². The maximum Gasteiger partial charge on any atom is 0.295 e. The topological polar surface area (TPSA) is 66.8 Å². The number of aliphatic hydroxyl groups excluding tert-OH is 1. The standard InChI is InChI=1S/C22H19Cl2NO4/c23-14-9-7-13(8-10-14)20(26)18-19(16-5-1-2-6-17(16)24)25(22(28)21(18)27)12-15-4-3-11-29-15/h1-2,5-10,15,19,26H,3-4,11-12H2/b20-18+. The van der Waals surface area contributed by atoms with Crippen LogP contribution in [0.3, 0.4) is 0 Å². The van der Waals surface area contributed by atoms with E-state index in [2.05, 4.69) is 0 Å². The Morgan fingerprint density at radius 3 is 2.48 bits per heavy atom. The molecule has 2 aromatic rings. The summed E-state index contributed by atoms with van der Waals surface area (Å²) in [4.78, 5) is 27.3. The Hall–Kier alpha value is -2.34. The van der Waals surface area contributed by atoms with E-state index in [4.69, 9.17) is 27.9 Å². The molecule has 2 heterocycles. The van der Waals surface area contributed by atoms with Crippen LogP contribution in [0.25, 0.3) is 5.76 Å². The van der Waals surface area contributed by atoms with Gasteiger partial charge < -0.3 is 14.7 Å². The average Bonchev–Trinajstić information content (AvgIpc) is 3.31. The molecule has 29 heavy (non-hydrogen) atoms. The molecule has 150 valence electrons. The monoisotopic (exact) mass is 431 g/mol. The minimum Gasteiger partial charge on any atom is -0.507 e. The van der Waals surface area contributed by atoms with Crippen molar-refractivity contribution in [1.82, 2.24) is 4.90 Å². The quantitative estimate of drug-likeness (QED) is 0.436. The summed E-state index contributed by atoms with van der Waals surface area (Å²) in [6.45, 7) is 0.897. The molecule has 0 aliphatic carbocycles. The molecule has 4 rings (SSSR count). The normalized spacial score (nSPS) is 23.7. The van der Waals surface area contributed by atoms with Crippen LogP contribution in [0.4, 0.5) is 0 Å². The van der Waals surface area contributed by atoms with Gasteiger partial charge in [0, 0.05) is 28.8 Å². The number of aliphatic hydroxyl groups is 1. The number of carbonyl (C=O) groups is 2. The lowest BCUT2D eigenvalue weighted by Gasteiger charge is -2.28. The van der Waals surface area contributed by atoms with E-state index in [0.29, 0.717) is 27.8 Å². The molecule has 5 nitrogen and oxygen atoms in total. The molecule has 2 fully saturated rings. The second-order valence-electron chi connectivity index (χ2n) is 7.11. The third kappa shape index (κ3) is 3.78. The first-order valence-corrected chi connectivity index (χ1v) is 10.1. The highest BCUT2D eigenvalue weighted by molar-refractivity contribution is 6.47. The zero-order chi connectivity index (χ0) is 20.5. The zero-order valence-corrected chi connectivity index (χ0v) is 17.0. The molecule has 0 aromatic heterocycles. The summed E-state index contributed by atoms with van der Waals surface area (Å²) in [5.74, 6) is -1.65. The van der Waals surface area contributed by atoms with Crippen LogP contribution in [-0.4, -0.2) is 41.0 Å². The fourth-order valence-corrected chi connectivity index (χ4v) is 4.22. The molecule has 0 radical (unpaired) electrons. The van der Waals surface area contributed by atoms with Gasteiger partial charge in [-0.3, -0.25) is 9.59 Å². The molecular weight excluding hydrogens is 413 g/mol. The first kappa shape index (κ1) is 20.0. The number of likely N-dealkylation sites (tertiary alicyclic amines) is 1. The number of Topliss-reactive ketones (excluding diaryl/α,β-unsaturated/α-hetero) is 1. The summed E-state index contributed by atoms with van der Waals surface area (Å²) in [6, 6.07) is 12.7. The van der Waals surface area contributed by atoms with Gasteiger partial charge in [-0.1, -0.05) is 41.4 Å². The zero-order valence-electron chi connectivity index (χ0n) is 15.5. The summed E-state index contributed by atoms with van der Waals surface area (Å²) in [7, 11) is 0. The summed E-state index contributed by atoms with van der Waals surface area (Å²) in [5, 5.41) is 11.9. The van der Waals surface area contributed by atoms with Crippen molar-refractivity contribution in [3.63, 3.8) is 0 Å². The third-order valence-electron chi connectivity index (χ3n) is 5.28. The van der Waals surface area contributed by atoms with Crippen molar-refractivity contribution >= 4 is 40.7 Å². The molecule has 1 N–H and O–H groups in total. The summed E-state index contributed by atoms with van der Waals surface area (Å²) < 4.78 is 5.68. The predicted octanol–water partition coefficient (Wildman–Crippen LogP) is 4.59. The van der Waals surface area contributed by atoms with Crippen LogP contribution < -0.4 is 0 Å². The summed E-state index contributed by atoms with van der Waals surface area (Å²) >= 11 is 12.3. The van der Waals surface area contributed by atoms with Crippen LogP contribution >= 0.6 is 23.2 Å². The second-order valence-corrected chi connectivity index (χ2v) is 7.96. The molecule has 2 atom stereocenters. The molecule has 7 heteroatoms. The van der Waals surface area contributed by atoms with Crippen LogP contribution in [0.2, 0.25) is 10.0 Å². The number of halogens is 2. The van der Waals surface area contributed by atoms with E-state index in [9.17, 15) is 14.7 Å². The minimum absolute atomic E-state index is 0.0171. The van der Waals surface area contributed by atoms with Crippen molar-refractivity contribution in [3.8, 4) is 0 Å².